The molecule has 0 spiro atoms. The molecule has 0 aromatic heterocycles. The molecule has 4 nitrogen and oxygen atoms in total. The van der Waals surface area contributed by atoms with E-state index in [9.17, 15) is 0 Å². The van der Waals surface area contributed by atoms with E-state index in [0.29, 0.717) is 16.9 Å². The summed E-state index contributed by atoms with van der Waals surface area (Å²) in [5.41, 5.74) is 3.44. The lowest BCUT2D eigenvalue weighted by atomic mass is 9.63. The van der Waals surface area contributed by atoms with Gasteiger partial charge < -0.3 is 5.32 Å². The number of rotatable bonds is 3. The highest BCUT2D eigenvalue weighted by atomic mass is 15.3. The van der Waals surface area contributed by atoms with E-state index in [1.165, 1.54) is 19.3 Å². The first-order chi connectivity index (χ1) is 8.28. The van der Waals surface area contributed by atoms with Gasteiger partial charge in [0.15, 0.2) is 0 Å². The van der Waals surface area contributed by atoms with Crippen molar-refractivity contribution in [1.82, 2.24) is 10.7 Å². The van der Waals surface area contributed by atoms with Gasteiger partial charge >= 0.3 is 0 Å². The van der Waals surface area contributed by atoms with Crippen LogP contribution in [0.2, 0.25) is 0 Å². The van der Waals surface area contributed by atoms with Gasteiger partial charge in [0.05, 0.1) is 0 Å². The summed E-state index contributed by atoms with van der Waals surface area (Å²) in [7, 11) is 0. The summed E-state index contributed by atoms with van der Waals surface area (Å²) in [5, 5.41) is 3.47. The predicted octanol–water partition coefficient (Wildman–Crippen LogP) is 2.41. The fourth-order valence-corrected chi connectivity index (χ4v) is 3.50. The van der Waals surface area contributed by atoms with Crippen molar-refractivity contribution in [1.29, 1.82) is 0 Å². The van der Waals surface area contributed by atoms with Gasteiger partial charge in [-0.1, -0.05) is 34.6 Å². The molecule has 0 bridgehead atoms. The van der Waals surface area contributed by atoms with Crippen LogP contribution in [0, 0.1) is 10.8 Å². The van der Waals surface area contributed by atoms with E-state index in [2.05, 4.69) is 50.4 Å². The highest BCUT2D eigenvalue weighted by molar-refractivity contribution is 5.79. The average Bonchev–Trinajstić information content (AvgIpc) is 2.19. The number of hydrogen-bond acceptors (Lipinski definition) is 2. The van der Waals surface area contributed by atoms with Gasteiger partial charge in [0.25, 0.3) is 0 Å². The fourth-order valence-electron chi connectivity index (χ4n) is 3.50. The second-order valence-electron chi connectivity index (χ2n) is 7.13. The third-order valence-corrected chi connectivity index (χ3v) is 3.53. The van der Waals surface area contributed by atoms with Crippen molar-refractivity contribution in [3.8, 4) is 0 Å². The molecule has 1 rings (SSSR count). The molecule has 18 heavy (non-hydrogen) atoms. The Morgan fingerprint density at radius 1 is 1.22 bits per heavy atom. The van der Waals surface area contributed by atoms with Crippen molar-refractivity contribution < 1.29 is 0 Å². The van der Waals surface area contributed by atoms with E-state index in [-0.39, 0.29) is 0 Å². The molecule has 0 atom stereocenters. The molecule has 106 valence electrons. The monoisotopic (exact) mass is 254 g/mol. The van der Waals surface area contributed by atoms with Gasteiger partial charge in [0, 0.05) is 12.6 Å². The smallest absolute Gasteiger partial charge is 0.205 e. The molecule has 1 aliphatic rings. The lowest BCUT2D eigenvalue weighted by molar-refractivity contribution is 0.0918. The largest absolute Gasteiger partial charge is 0.353 e. The number of nitrogens with one attached hydrogen (secondary N) is 2. The Bertz CT molecular complexity index is 278. The van der Waals surface area contributed by atoms with Crippen molar-refractivity contribution in [3.63, 3.8) is 0 Å². The molecule has 0 aromatic carbocycles. The highest BCUT2D eigenvalue weighted by Gasteiger charge is 2.38. The first-order valence-electron chi connectivity index (χ1n) is 7.06. The molecular weight excluding hydrogens is 224 g/mol. The van der Waals surface area contributed by atoms with Crippen LogP contribution in [0.25, 0.3) is 0 Å². The normalized spacial score (nSPS) is 23.8. The number of aliphatic imine (C=N–C) groups is 1. The first kappa shape index (κ1) is 15.3. The summed E-state index contributed by atoms with van der Waals surface area (Å²) < 4.78 is 0. The Kier molecular flexibility index (Phi) is 5.02. The molecular formula is C14H30N4. The summed E-state index contributed by atoms with van der Waals surface area (Å²) in [4.78, 5) is 4.42. The van der Waals surface area contributed by atoms with Crippen molar-refractivity contribution in [2.75, 3.05) is 6.54 Å². The minimum atomic E-state index is 0.379. The van der Waals surface area contributed by atoms with Gasteiger partial charge in [0.1, 0.15) is 0 Å². The number of nitrogens with zero attached hydrogens (tertiary/aromatic N) is 1. The Labute approximate surface area is 112 Å². The lowest BCUT2D eigenvalue weighted by Crippen LogP contribution is -2.51. The third-order valence-electron chi connectivity index (χ3n) is 3.53. The summed E-state index contributed by atoms with van der Waals surface area (Å²) in [6.45, 7) is 12.3. The molecule has 1 aliphatic carbocycles. The van der Waals surface area contributed by atoms with Gasteiger partial charge in [0.2, 0.25) is 5.96 Å². The standard InChI is InChI=1S/C14H30N4/c1-6-7-16-12(18-15)17-11-8-13(2,3)10-14(4,5)9-11/h11H,6-10,15H2,1-5H3,(H2,16,17,18). The second kappa shape index (κ2) is 5.91. The maximum atomic E-state index is 5.52. The van der Waals surface area contributed by atoms with Gasteiger partial charge in [-0.15, -0.1) is 0 Å². The third kappa shape index (κ3) is 4.84. The van der Waals surface area contributed by atoms with Crippen LogP contribution in [-0.4, -0.2) is 18.5 Å². The second-order valence-corrected chi connectivity index (χ2v) is 7.13. The molecule has 0 unspecified atom stereocenters. The summed E-state index contributed by atoms with van der Waals surface area (Å²) in [6, 6.07) is 0.454. The molecule has 0 aromatic rings. The Balaban J connectivity index is 2.65. The van der Waals surface area contributed by atoms with Crippen molar-refractivity contribution in [3.05, 3.63) is 0 Å². The number of guanidine groups is 1. The summed E-state index contributed by atoms with van der Waals surface area (Å²) in [5.74, 6) is 6.25. The van der Waals surface area contributed by atoms with E-state index in [1.54, 1.807) is 0 Å². The maximum Gasteiger partial charge on any atom is 0.205 e. The van der Waals surface area contributed by atoms with Gasteiger partial charge in [-0.25, -0.2) is 5.84 Å². The molecule has 1 saturated carbocycles. The van der Waals surface area contributed by atoms with Crippen LogP contribution in [0.1, 0.15) is 60.3 Å². The zero-order chi connectivity index (χ0) is 13.8. The first-order valence-corrected chi connectivity index (χ1v) is 7.06. The fraction of sp³-hybridized carbons (Fsp3) is 0.929. The molecule has 1 fully saturated rings. The Hall–Kier alpha value is -0.770. The minimum absolute atomic E-state index is 0.379. The number of hydrogen-bond donors (Lipinski definition) is 3. The quantitative estimate of drug-likeness (QED) is 0.314. The van der Waals surface area contributed by atoms with Crippen LogP contribution in [-0.2, 0) is 0 Å². The Morgan fingerprint density at radius 3 is 2.22 bits per heavy atom. The molecule has 4 N–H and O–H groups in total. The van der Waals surface area contributed by atoms with Crippen molar-refractivity contribution in [2.45, 2.75) is 66.3 Å². The van der Waals surface area contributed by atoms with E-state index in [0.717, 1.165) is 18.9 Å². The zero-order valence-electron chi connectivity index (χ0n) is 12.6. The molecule has 0 heterocycles. The van der Waals surface area contributed by atoms with E-state index in [1.807, 2.05) is 0 Å². The lowest BCUT2D eigenvalue weighted by Gasteiger charge is -2.45. The topological polar surface area (TPSA) is 62.4 Å². The predicted molar refractivity (Wildman–Crippen MR) is 78.3 cm³/mol. The molecule has 0 aliphatic heterocycles. The molecule has 4 heteroatoms. The van der Waals surface area contributed by atoms with Crippen molar-refractivity contribution >= 4 is 5.96 Å². The van der Waals surface area contributed by atoms with E-state index < -0.39 is 0 Å². The van der Waals surface area contributed by atoms with Crippen LogP contribution < -0.4 is 16.6 Å². The van der Waals surface area contributed by atoms with Crippen LogP contribution in [0.4, 0.5) is 0 Å². The molecule has 0 saturated heterocycles. The van der Waals surface area contributed by atoms with Gasteiger partial charge in [-0.3, -0.25) is 10.4 Å². The van der Waals surface area contributed by atoms with Gasteiger partial charge in [-0.05, 0) is 36.5 Å². The van der Waals surface area contributed by atoms with Gasteiger partial charge in [-0.2, -0.15) is 0 Å². The van der Waals surface area contributed by atoms with E-state index >= 15 is 0 Å². The van der Waals surface area contributed by atoms with Crippen LogP contribution >= 0.6 is 0 Å². The summed E-state index contributed by atoms with van der Waals surface area (Å²) >= 11 is 0. The van der Waals surface area contributed by atoms with Crippen molar-refractivity contribution in [2.24, 2.45) is 21.7 Å². The van der Waals surface area contributed by atoms with Crippen LogP contribution in [0.5, 0.6) is 0 Å². The average molecular weight is 254 g/mol. The summed E-state index contributed by atoms with van der Waals surface area (Å²) in [6.07, 6.45) is 4.65. The molecule has 0 amide bonds. The number of nitrogens with two attached hydrogens (primary N) is 1. The van der Waals surface area contributed by atoms with Crippen LogP contribution in [0.15, 0.2) is 4.99 Å². The SMILES string of the molecule is CCCN=C(NN)NC1CC(C)(C)CC(C)(C)C1. The van der Waals surface area contributed by atoms with E-state index in [4.69, 9.17) is 5.84 Å². The molecule has 0 radical (unpaired) electrons. The van der Waals surface area contributed by atoms with Crippen LogP contribution in [0.3, 0.4) is 0 Å². The number of hydrazine groups is 1. The zero-order valence-corrected chi connectivity index (χ0v) is 12.6. The highest BCUT2D eigenvalue weighted by Crippen LogP contribution is 2.45. The maximum absolute atomic E-state index is 5.52. The Morgan fingerprint density at radius 2 is 1.78 bits per heavy atom. The minimum Gasteiger partial charge on any atom is -0.353 e.